The topological polar surface area (TPSA) is 127 Å². The monoisotopic (exact) mass is 623 g/mol. The molecule has 9 heteroatoms. The maximum absolute atomic E-state index is 13.7. The number of carbonyl (C=O) groups excluding carboxylic acids is 2. The lowest BCUT2D eigenvalue weighted by atomic mass is 9.94. The Morgan fingerprint density at radius 3 is 2.38 bits per heavy atom. The van der Waals surface area contributed by atoms with Crippen molar-refractivity contribution in [1.29, 1.82) is 0 Å². The van der Waals surface area contributed by atoms with Gasteiger partial charge in [-0.1, -0.05) is 12.1 Å². The molecule has 1 saturated carbocycles. The first kappa shape index (κ1) is 34.3. The molecule has 4 rings (SSSR count). The molecule has 3 aromatic rings. The third-order valence-electron chi connectivity index (χ3n) is 8.57. The second kappa shape index (κ2) is 15.1. The first-order chi connectivity index (χ1) is 21.4. The van der Waals surface area contributed by atoms with Gasteiger partial charge < -0.3 is 34.2 Å². The first-order valence-corrected chi connectivity index (χ1v) is 16.1. The van der Waals surface area contributed by atoms with Crippen LogP contribution in [-0.2, 0) is 28.0 Å². The smallest absolute Gasteiger partial charge is 0.342 e. The third-order valence-corrected chi connectivity index (χ3v) is 8.57. The molecule has 0 spiro atoms. The number of rotatable bonds is 16. The molecule has 1 aromatic heterocycles. The lowest BCUT2D eigenvalue weighted by molar-refractivity contribution is -0.121. The van der Waals surface area contributed by atoms with Crippen molar-refractivity contribution in [2.45, 2.75) is 109 Å². The number of aliphatic hydroxyl groups is 2. The van der Waals surface area contributed by atoms with E-state index in [0.29, 0.717) is 48.8 Å². The molecule has 1 aliphatic carbocycles. The Balaban J connectivity index is 1.49. The summed E-state index contributed by atoms with van der Waals surface area (Å²) < 4.78 is 22.9. The highest BCUT2D eigenvalue weighted by atomic mass is 16.5. The van der Waals surface area contributed by atoms with Gasteiger partial charge in [0.05, 0.1) is 26.4 Å². The van der Waals surface area contributed by atoms with E-state index in [0.717, 1.165) is 49.0 Å². The zero-order valence-corrected chi connectivity index (χ0v) is 27.4. The molecular weight excluding hydrogens is 574 g/mol. The summed E-state index contributed by atoms with van der Waals surface area (Å²) in [6.07, 6.45) is 6.96. The zero-order chi connectivity index (χ0) is 32.6. The van der Waals surface area contributed by atoms with Gasteiger partial charge in [0.1, 0.15) is 16.9 Å². The molecule has 1 heterocycles. The lowest BCUT2D eigenvalue weighted by Crippen LogP contribution is -2.33. The molecule has 0 saturated heterocycles. The predicted octanol–water partition coefficient (Wildman–Crippen LogP) is 6.38. The number of esters is 1. The lowest BCUT2D eigenvalue weighted by Gasteiger charge is -2.20. The van der Waals surface area contributed by atoms with Crippen molar-refractivity contribution in [3.05, 3.63) is 58.8 Å². The second-order valence-corrected chi connectivity index (χ2v) is 13.0. The molecule has 246 valence electrons. The molecule has 2 aromatic carbocycles. The van der Waals surface area contributed by atoms with Crippen LogP contribution in [0.3, 0.4) is 0 Å². The van der Waals surface area contributed by atoms with Gasteiger partial charge in [0.2, 0.25) is 5.91 Å². The summed E-state index contributed by atoms with van der Waals surface area (Å²) in [4.78, 5) is 26.4. The number of methoxy groups -OCH3 is 2. The fourth-order valence-electron chi connectivity index (χ4n) is 6.06. The van der Waals surface area contributed by atoms with E-state index in [1.807, 2.05) is 43.3 Å². The summed E-state index contributed by atoms with van der Waals surface area (Å²) in [5, 5.41) is 25.0. The molecule has 1 unspecified atom stereocenters. The van der Waals surface area contributed by atoms with Crippen molar-refractivity contribution >= 4 is 22.8 Å². The van der Waals surface area contributed by atoms with Crippen LogP contribution in [0.15, 0.2) is 40.8 Å². The molecule has 1 amide bonds. The van der Waals surface area contributed by atoms with Crippen molar-refractivity contribution in [3.8, 4) is 11.5 Å². The van der Waals surface area contributed by atoms with Crippen LogP contribution in [0.25, 0.3) is 11.0 Å². The van der Waals surface area contributed by atoms with Crippen LogP contribution in [0.2, 0.25) is 0 Å². The van der Waals surface area contributed by atoms with Crippen molar-refractivity contribution in [2.75, 3.05) is 20.8 Å². The van der Waals surface area contributed by atoms with Gasteiger partial charge >= 0.3 is 5.97 Å². The Bertz CT molecular complexity index is 1430. The third kappa shape index (κ3) is 9.23. The van der Waals surface area contributed by atoms with E-state index < -0.39 is 17.2 Å². The fraction of sp³-hybridized carbons (Fsp3) is 0.556. The summed E-state index contributed by atoms with van der Waals surface area (Å²) in [6.45, 7) is 5.74. The molecular formula is C36H49NO8. The average molecular weight is 624 g/mol. The number of aryl methyl sites for hydroxylation is 2. The normalized spacial score (nSPS) is 15.2. The van der Waals surface area contributed by atoms with E-state index in [1.165, 1.54) is 7.11 Å². The van der Waals surface area contributed by atoms with Crippen LogP contribution in [0, 0.1) is 0 Å². The molecule has 1 atom stereocenters. The van der Waals surface area contributed by atoms with E-state index in [2.05, 4.69) is 5.32 Å². The van der Waals surface area contributed by atoms with E-state index in [9.17, 15) is 19.8 Å². The van der Waals surface area contributed by atoms with Gasteiger partial charge in [0, 0.05) is 17.8 Å². The standard InChI is InChI=1S/C36H49NO8/c1-24(10-8-18-35(2,3)40)37-30(38)17-14-26-22-28-31(34(39)44-21-9-11-25-12-15-27(42-4)16-13-25)33(36(41)19-6-7-20-36)45-32(28)29(23-26)43-5/h12-13,15-16,22-24,40-41H,6-11,14,17-21H2,1-5H3,(H,37,38). The molecule has 0 radical (unpaired) electrons. The molecule has 0 aliphatic heterocycles. The molecule has 9 nitrogen and oxygen atoms in total. The number of hydrogen-bond donors (Lipinski definition) is 3. The van der Waals surface area contributed by atoms with Gasteiger partial charge in [0.25, 0.3) is 0 Å². The van der Waals surface area contributed by atoms with Gasteiger partial charge in [-0.05, 0) is 120 Å². The summed E-state index contributed by atoms with van der Waals surface area (Å²) in [5.74, 6) is 0.829. The number of fused-ring (bicyclic) bond motifs is 1. The second-order valence-electron chi connectivity index (χ2n) is 13.0. The fourth-order valence-corrected chi connectivity index (χ4v) is 6.06. The van der Waals surface area contributed by atoms with Crippen molar-refractivity contribution < 1.29 is 38.4 Å². The predicted molar refractivity (Wildman–Crippen MR) is 173 cm³/mol. The Morgan fingerprint density at radius 1 is 1.02 bits per heavy atom. The summed E-state index contributed by atoms with van der Waals surface area (Å²) in [6, 6.07) is 11.4. The van der Waals surface area contributed by atoms with E-state index >= 15 is 0 Å². The molecule has 1 aliphatic rings. The first-order valence-electron chi connectivity index (χ1n) is 16.1. The maximum Gasteiger partial charge on any atom is 0.342 e. The van der Waals surface area contributed by atoms with Crippen LogP contribution in [-0.4, -0.2) is 54.6 Å². The number of hydrogen-bond acceptors (Lipinski definition) is 8. The number of carbonyl (C=O) groups is 2. The van der Waals surface area contributed by atoms with Crippen molar-refractivity contribution in [1.82, 2.24) is 5.32 Å². The maximum atomic E-state index is 13.7. The Hall–Kier alpha value is -3.56. The molecule has 45 heavy (non-hydrogen) atoms. The Morgan fingerprint density at radius 2 is 1.73 bits per heavy atom. The summed E-state index contributed by atoms with van der Waals surface area (Å²) in [7, 11) is 3.16. The Labute approximate surface area is 266 Å². The molecule has 0 bridgehead atoms. The van der Waals surface area contributed by atoms with Gasteiger partial charge in [-0.3, -0.25) is 4.79 Å². The van der Waals surface area contributed by atoms with E-state index in [4.69, 9.17) is 18.6 Å². The van der Waals surface area contributed by atoms with Crippen LogP contribution in [0.5, 0.6) is 11.5 Å². The summed E-state index contributed by atoms with van der Waals surface area (Å²) in [5.41, 5.74) is 0.551. The zero-order valence-electron chi connectivity index (χ0n) is 27.4. The van der Waals surface area contributed by atoms with Gasteiger partial charge in [0.15, 0.2) is 17.1 Å². The van der Waals surface area contributed by atoms with Gasteiger partial charge in [-0.2, -0.15) is 0 Å². The average Bonchev–Trinajstić information content (AvgIpc) is 3.62. The quantitative estimate of drug-likeness (QED) is 0.124. The van der Waals surface area contributed by atoms with Gasteiger partial charge in [-0.15, -0.1) is 0 Å². The number of furan rings is 1. The van der Waals surface area contributed by atoms with Crippen LogP contribution in [0.4, 0.5) is 0 Å². The highest BCUT2D eigenvalue weighted by Gasteiger charge is 2.42. The minimum atomic E-state index is -1.26. The SMILES string of the molecule is COc1ccc(CCCOC(=O)c2c(C3(O)CCCC3)oc3c(OC)cc(CCC(=O)NC(C)CCCC(C)(C)O)cc23)cc1. The minimum Gasteiger partial charge on any atom is -0.497 e. The van der Waals surface area contributed by atoms with Crippen molar-refractivity contribution in [3.63, 3.8) is 0 Å². The molecule has 3 N–H and O–H groups in total. The van der Waals surface area contributed by atoms with E-state index in [-0.39, 0.29) is 36.3 Å². The number of nitrogens with one attached hydrogen (secondary N) is 1. The van der Waals surface area contributed by atoms with Crippen LogP contribution >= 0.6 is 0 Å². The van der Waals surface area contributed by atoms with Crippen molar-refractivity contribution in [2.24, 2.45) is 0 Å². The summed E-state index contributed by atoms with van der Waals surface area (Å²) >= 11 is 0. The number of ether oxygens (including phenoxy) is 3. The molecule has 1 fully saturated rings. The van der Waals surface area contributed by atoms with E-state index in [1.54, 1.807) is 21.0 Å². The highest BCUT2D eigenvalue weighted by molar-refractivity contribution is 6.06. The Kier molecular flexibility index (Phi) is 11.6. The highest BCUT2D eigenvalue weighted by Crippen LogP contribution is 2.45. The van der Waals surface area contributed by atoms with Gasteiger partial charge in [-0.25, -0.2) is 4.79 Å². The minimum absolute atomic E-state index is 0.00783. The van der Waals surface area contributed by atoms with Crippen LogP contribution < -0.4 is 14.8 Å². The largest absolute Gasteiger partial charge is 0.497 e. The van der Waals surface area contributed by atoms with Crippen LogP contribution in [0.1, 0.15) is 106 Å². The number of benzene rings is 2. The number of amides is 1.